The molecule has 0 aromatic heterocycles. The number of hydrogen-bond donors (Lipinski definition) is 1. The van der Waals surface area contributed by atoms with Crippen LogP contribution in [0.5, 0.6) is 0 Å². The molecule has 9 heteroatoms. The zero-order valence-electron chi connectivity index (χ0n) is 15.9. The van der Waals surface area contributed by atoms with E-state index in [2.05, 4.69) is 21.9 Å². The molecule has 2 fully saturated rings. The van der Waals surface area contributed by atoms with Gasteiger partial charge in [0.25, 0.3) is 5.91 Å². The van der Waals surface area contributed by atoms with Crippen LogP contribution in [0.2, 0.25) is 5.02 Å². The Morgan fingerprint density at radius 3 is 2.82 bits per heavy atom. The molecular weight excluding hydrogens is 380 g/mol. The molecule has 148 valence electrons. The number of nitrogens with zero attached hydrogens (tertiary/aromatic N) is 5. The van der Waals surface area contributed by atoms with Crippen LogP contribution in [0.4, 0.5) is 4.79 Å². The number of carbonyl (C=O) groups excluding carboxylic acids is 2. The van der Waals surface area contributed by atoms with Gasteiger partial charge in [0.15, 0.2) is 6.29 Å². The number of rotatable bonds is 4. The van der Waals surface area contributed by atoms with Gasteiger partial charge in [-0.1, -0.05) is 35.9 Å². The highest BCUT2D eigenvalue weighted by molar-refractivity contribution is 6.31. The molecule has 0 radical (unpaired) electrons. The van der Waals surface area contributed by atoms with E-state index in [4.69, 9.17) is 11.6 Å². The van der Waals surface area contributed by atoms with E-state index in [0.717, 1.165) is 11.3 Å². The van der Waals surface area contributed by atoms with Crippen molar-refractivity contribution < 1.29 is 9.59 Å². The second kappa shape index (κ2) is 7.20. The van der Waals surface area contributed by atoms with Crippen molar-refractivity contribution >= 4 is 29.3 Å². The first kappa shape index (κ1) is 18.9. The Bertz CT molecular complexity index is 859. The summed E-state index contributed by atoms with van der Waals surface area (Å²) in [6, 6.07) is 6.42. The highest BCUT2D eigenvalue weighted by Gasteiger charge is 2.56. The van der Waals surface area contributed by atoms with Crippen LogP contribution < -0.4 is 5.32 Å². The van der Waals surface area contributed by atoms with Gasteiger partial charge in [0.1, 0.15) is 12.2 Å². The van der Waals surface area contributed by atoms with Gasteiger partial charge in [0.2, 0.25) is 0 Å². The number of likely N-dealkylation sites (N-methyl/N-ethyl adjacent to an activating group) is 1. The number of hydrogen-bond acceptors (Lipinski definition) is 6. The van der Waals surface area contributed by atoms with E-state index in [-0.39, 0.29) is 24.8 Å². The fourth-order valence-corrected chi connectivity index (χ4v) is 4.26. The van der Waals surface area contributed by atoms with Crippen molar-refractivity contribution in [3.8, 4) is 0 Å². The van der Waals surface area contributed by atoms with Gasteiger partial charge in [-0.2, -0.15) is 5.10 Å². The maximum absolute atomic E-state index is 13.4. The lowest BCUT2D eigenvalue weighted by atomic mass is 10.1. The van der Waals surface area contributed by atoms with Crippen LogP contribution in [0.15, 0.2) is 42.0 Å². The van der Waals surface area contributed by atoms with E-state index < -0.39 is 12.2 Å². The number of hydrazone groups is 1. The minimum atomic E-state index is -0.493. The van der Waals surface area contributed by atoms with E-state index >= 15 is 0 Å². The molecule has 3 aliphatic rings. The molecule has 1 aromatic carbocycles. The Kier molecular flexibility index (Phi) is 4.86. The first-order chi connectivity index (χ1) is 13.4. The molecule has 3 unspecified atom stereocenters. The average molecular weight is 403 g/mol. The van der Waals surface area contributed by atoms with Gasteiger partial charge < -0.3 is 4.90 Å². The summed E-state index contributed by atoms with van der Waals surface area (Å²) in [5.41, 5.74) is 1.65. The topological polar surface area (TPSA) is 71.5 Å². The van der Waals surface area contributed by atoms with Crippen LogP contribution in [0.25, 0.3) is 0 Å². The summed E-state index contributed by atoms with van der Waals surface area (Å²) in [6.07, 6.45) is 1.08. The van der Waals surface area contributed by atoms with Crippen LogP contribution in [-0.2, 0) is 11.3 Å². The van der Waals surface area contributed by atoms with Gasteiger partial charge in [-0.3, -0.25) is 20.0 Å². The molecule has 3 heterocycles. The highest BCUT2D eigenvalue weighted by atomic mass is 35.5. The summed E-state index contributed by atoms with van der Waals surface area (Å²) in [7, 11) is 1.71. The number of amides is 3. The molecule has 3 aliphatic heterocycles. The second-order valence-electron chi connectivity index (χ2n) is 7.26. The summed E-state index contributed by atoms with van der Waals surface area (Å²) in [5.74, 6) is -0.226. The number of benzene rings is 1. The van der Waals surface area contributed by atoms with Gasteiger partial charge in [0, 0.05) is 24.3 Å². The van der Waals surface area contributed by atoms with E-state index in [9.17, 15) is 9.59 Å². The number of fused-ring (bicyclic) bond motifs is 3. The summed E-state index contributed by atoms with van der Waals surface area (Å²) >= 11 is 6.25. The Balaban J connectivity index is 1.65. The minimum absolute atomic E-state index is 0.146. The van der Waals surface area contributed by atoms with Crippen molar-refractivity contribution in [1.82, 2.24) is 25.0 Å². The van der Waals surface area contributed by atoms with E-state index in [0.29, 0.717) is 18.1 Å². The Morgan fingerprint density at radius 1 is 1.36 bits per heavy atom. The zero-order chi connectivity index (χ0) is 20.0. The van der Waals surface area contributed by atoms with Crippen molar-refractivity contribution in [3.63, 3.8) is 0 Å². The van der Waals surface area contributed by atoms with Gasteiger partial charge in [-0.05, 0) is 18.6 Å². The molecule has 0 aliphatic carbocycles. The van der Waals surface area contributed by atoms with Gasteiger partial charge in [0.05, 0.1) is 13.1 Å². The van der Waals surface area contributed by atoms with Gasteiger partial charge in [-0.15, -0.1) is 6.58 Å². The molecule has 4 rings (SSSR count). The standard InChI is InChI=1S/C19H23ClN6O2/c1-4-9-26-18-21-16-15(24(18)10-12(2)22-26)17(27)25(19(28)23(16)3)11-13-7-5-6-8-14(13)20/h4-8,15-16,18,21H,1,9-11H2,2-3H3. The molecule has 8 nitrogen and oxygen atoms in total. The third kappa shape index (κ3) is 2.97. The first-order valence-electron chi connectivity index (χ1n) is 9.17. The molecule has 0 bridgehead atoms. The molecular formula is C19H23ClN6O2. The number of urea groups is 1. The summed E-state index contributed by atoms with van der Waals surface area (Å²) < 4.78 is 0. The average Bonchev–Trinajstić information content (AvgIpc) is 3.05. The molecule has 1 aromatic rings. The van der Waals surface area contributed by atoms with Crippen LogP contribution >= 0.6 is 11.6 Å². The molecule has 3 atom stereocenters. The first-order valence-corrected chi connectivity index (χ1v) is 9.55. The Labute approximate surface area is 169 Å². The van der Waals surface area contributed by atoms with Crippen molar-refractivity contribution in [2.75, 3.05) is 20.1 Å². The molecule has 2 saturated heterocycles. The third-order valence-electron chi connectivity index (χ3n) is 5.35. The molecule has 0 spiro atoms. The molecule has 3 amide bonds. The van der Waals surface area contributed by atoms with Crippen LogP contribution in [0.3, 0.4) is 0 Å². The lowest BCUT2D eigenvalue weighted by Crippen LogP contribution is -2.66. The van der Waals surface area contributed by atoms with E-state index in [1.54, 1.807) is 24.1 Å². The summed E-state index contributed by atoms with van der Waals surface area (Å²) in [6.45, 7) is 6.96. The predicted molar refractivity (Wildman–Crippen MR) is 106 cm³/mol. The fourth-order valence-electron chi connectivity index (χ4n) is 4.06. The van der Waals surface area contributed by atoms with E-state index in [1.807, 2.05) is 30.1 Å². The highest BCUT2D eigenvalue weighted by Crippen LogP contribution is 2.31. The normalized spacial score (nSPS) is 27.6. The van der Waals surface area contributed by atoms with Crippen molar-refractivity contribution in [2.45, 2.75) is 32.0 Å². The van der Waals surface area contributed by atoms with E-state index in [1.165, 1.54) is 4.90 Å². The quantitative estimate of drug-likeness (QED) is 0.773. The fraction of sp³-hybridized carbons (Fsp3) is 0.421. The monoisotopic (exact) mass is 402 g/mol. The summed E-state index contributed by atoms with van der Waals surface area (Å²) in [5, 5.41) is 10.3. The lowest BCUT2D eigenvalue weighted by molar-refractivity contribution is -0.139. The summed E-state index contributed by atoms with van der Waals surface area (Å²) in [4.78, 5) is 31.2. The van der Waals surface area contributed by atoms with Crippen LogP contribution in [0.1, 0.15) is 12.5 Å². The van der Waals surface area contributed by atoms with Gasteiger partial charge >= 0.3 is 6.03 Å². The lowest BCUT2D eigenvalue weighted by Gasteiger charge is -2.42. The zero-order valence-corrected chi connectivity index (χ0v) is 16.6. The number of nitrogens with one attached hydrogen (secondary N) is 1. The number of halogens is 1. The largest absolute Gasteiger partial charge is 0.328 e. The maximum atomic E-state index is 13.4. The Hall–Kier alpha value is -2.42. The molecule has 1 N–H and O–H groups in total. The maximum Gasteiger partial charge on any atom is 0.328 e. The van der Waals surface area contributed by atoms with Gasteiger partial charge in [-0.25, -0.2) is 9.69 Å². The minimum Gasteiger partial charge on any atom is -0.310 e. The molecule has 0 saturated carbocycles. The Morgan fingerprint density at radius 2 is 2.11 bits per heavy atom. The van der Waals surface area contributed by atoms with Crippen LogP contribution in [-0.4, -0.2) is 76.0 Å². The second-order valence-corrected chi connectivity index (χ2v) is 7.66. The SMILES string of the molecule is C=CCN1N=C(C)CN2C3C(=O)N(Cc4ccccc4Cl)C(=O)N(C)C3NC12. The number of carbonyl (C=O) groups is 2. The van der Waals surface area contributed by atoms with Crippen molar-refractivity contribution in [1.29, 1.82) is 0 Å². The number of imide groups is 1. The smallest absolute Gasteiger partial charge is 0.310 e. The molecule has 28 heavy (non-hydrogen) atoms. The predicted octanol–water partition coefficient (Wildman–Crippen LogP) is 1.49. The third-order valence-corrected chi connectivity index (χ3v) is 5.72. The van der Waals surface area contributed by atoms with Crippen molar-refractivity contribution in [2.24, 2.45) is 5.10 Å². The van der Waals surface area contributed by atoms with Crippen LogP contribution in [0, 0.1) is 0 Å². The van der Waals surface area contributed by atoms with Crippen molar-refractivity contribution in [3.05, 3.63) is 47.5 Å².